The number of carbonyl (C=O) groups is 1. The van der Waals surface area contributed by atoms with Crippen LogP contribution in [0.5, 0.6) is 0 Å². The van der Waals surface area contributed by atoms with Crippen molar-refractivity contribution >= 4 is 33.2 Å². The van der Waals surface area contributed by atoms with Crippen molar-refractivity contribution in [3.63, 3.8) is 0 Å². The molecule has 1 amide bonds. The molecule has 1 saturated heterocycles. The van der Waals surface area contributed by atoms with Gasteiger partial charge >= 0.3 is 0 Å². The van der Waals surface area contributed by atoms with Gasteiger partial charge < -0.3 is 4.90 Å². The van der Waals surface area contributed by atoms with E-state index in [9.17, 15) is 22.0 Å². The highest BCUT2D eigenvalue weighted by atomic mass is 35.5. The van der Waals surface area contributed by atoms with Crippen LogP contribution in [0.3, 0.4) is 0 Å². The standard InChI is InChI=1S/C17H15ClF2N2O3S/c18-12-1-4-14(5-2-12)22-10-11(7-17(22)23)9-21-26(24,25)16-6-3-13(19)8-15(16)20/h1-6,8,11,21H,7,9-10H2. The molecule has 9 heteroatoms. The minimum atomic E-state index is -4.14. The van der Waals surface area contributed by atoms with Gasteiger partial charge in [0.1, 0.15) is 16.5 Å². The van der Waals surface area contributed by atoms with Crippen LogP contribution in [0.4, 0.5) is 14.5 Å². The summed E-state index contributed by atoms with van der Waals surface area (Å²) in [4.78, 5) is 13.1. The number of nitrogens with zero attached hydrogens (tertiary/aromatic N) is 1. The first-order chi connectivity index (χ1) is 12.3. The summed E-state index contributed by atoms with van der Waals surface area (Å²) in [5.74, 6) is -2.43. The van der Waals surface area contributed by atoms with E-state index in [1.807, 2.05) is 0 Å². The predicted octanol–water partition coefficient (Wildman–Crippen LogP) is 2.95. The van der Waals surface area contributed by atoms with Crippen LogP contribution in [0.2, 0.25) is 5.02 Å². The lowest BCUT2D eigenvalue weighted by Gasteiger charge is -2.17. The van der Waals surface area contributed by atoms with E-state index >= 15 is 0 Å². The number of benzene rings is 2. The predicted molar refractivity (Wildman–Crippen MR) is 93.5 cm³/mol. The third kappa shape index (κ3) is 4.03. The van der Waals surface area contributed by atoms with E-state index in [1.54, 1.807) is 29.2 Å². The molecule has 0 radical (unpaired) electrons. The van der Waals surface area contributed by atoms with Gasteiger partial charge in [0.05, 0.1) is 0 Å². The second-order valence-electron chi connectivity index (χ2n) is 5.98. The van der Waals surface area contributed by atoms with Crippen LogP contribution < -0.4 is 9.62 Å². The number of amides is 1. The average molecular weight is 401 g/mol. The van der Waals surface area contributed by atoms with Crippen LogP contribution in [0.15, 0.2) is 47.4 Å². The van der Waals surface area contributed by atoms with Crippen molar-refractivity contribution in [3.05, 3.63) is 59.1 Å². The van der Waals surface area contributed by atoms with Crippen LogP contribution >= 0.6 is 11.6 Å². The lowest BCUT2D eigenvalue weighted by molar-refractivity contribution is -0.117. The van der Waals surface area contributed by atoms with Gasteiger partial charge in [-0.2, -0.15) is 0 Å². The molecule has 26 heavy (non-hydrogen) atoms. The molecular weight excluding hydrogens is 386 g/mol. The molecule has 2 aromatic carbocycles. The molecule has 0 bridgehead atoms. The van der Waals surface area contributed by atoms with Crippen molar-refractivity contribution in [1.29, 1.82) is 0 Å². The molecule has 1 heterocycles. The summed E-state index contributed by atoms with van der Waals surface area (Å²) in [5.41, 5.74) is 0.675. The number of anilines is 1. The van der Waals surface area contributed by atoms with Crippen molar-refractivity contribution in [2.24, 2.45) is 5.92 Å². The maximum Gasteiger partial charge on any atom is 0.243 e. The number of nitrogens with one attached hydrogen (secondary N) is 1. The Balaban J connectivity index is 1.66. The van der Waals surface area contributed by atoms with Gasteiger partial charge in [-0.3, -0.25) is 4.79 Å². The molecule has 0 aromatic heterocycles. The average Bonchev–Trinajstić information content (AvgIpc) is 2.94. The van der Waals surface area contributed by atoms with Gasteiger partial charge in [0.15, 0.2) is 0 Å². The van der Waals surface area contributed by atoms with Crippen LogP contribution in [0.1, 0.15) is 6.42 Å². The fraction of sp³-hybridized carbons (Fsp3) is 0.235. The summed E-state index contributed by atoms with van der Waals surface area (Å²) in [6.07, 6.45) is 0.164. The molecule has 3 rings (SSSR count). The van der Waals surface area contributed by atoms with E-state index < -0.39 is 26.6 Å². The second-order valence-corrected chi connectivity index (χ2v) is 8.15. The van der Waals surface area contributed by atoms with Crippen molar-refractivity contribution in [3.8, 4) is 0 Å². The van der Waals surface area contributed by atoms with Gasteiger partial charge in [-0.1, -0.05) is 11.6 Å². The normalized spacial score (nSPS) is 17.7. The van der Waals surface area contributed by atoms with Crippen LogP contribution in [-0.2, 0) is 14.8 Å². The third-order valence-electron chi connectivity index (χ3n) is 4.09. The molecule has 1 N–H and O–H groups in total. The number of sulfonamides is 1. The molecule has 0 aliphatic carbocycles. The lowest BCUT2D eigenvalue weighted by atomic mass is 10.1. The molecular formula is C17H15ClF2N2O3S. The SMILES string of the molecule is O=C1CC(CNS(=O)(=O)c2ccc(F)cc2F)CN1c1ccc(Cl)cc1. The largest absolute Gasteiger partial charge is 0.312 e. The molecule has 1 unspecified atom stereocenters. The van der Waals surface area contributed by atoms with Crippen molar-refractivity contribution < 1.29 is 22.0 Å². The first-order valence-corrected chi connectivity index (χ1v) is 9.63. The Labute approximate surface area is 154 Å². The third-order valence-corrected chi connectivity index (χ3v) is 5.80. The summed E-state index contributed by atoms with van der Waals surface area (Å²) < 4.78 is 53.3. The van der Waals surface area contributed by atoms with E-state index in [2.05, 4.69) is 4.72 Å². The topological polar surface area (TPSA) is 66.5 Å². The zero-order valence-electron chi connectivity index (χ0n) is 13.5. The molecule has 5 nitrogen and oxygen atoms in total. The van der Waals surface area contributed by atoms with E-state index in [4.69, 9.17) is 11.6 Å². The summed E-state index contributed by atoms with van der Waals surface area (Å²) in [6, 6.07) is 9.00. The van der Waals surface area contributed by atoms with Gasteiger partial charge in [0, 0.05) is 36.3 Å². The van der Waals surface area contributed by atoms with Gasteiger partial charge in [-0.05, 0) is 42.3 Å². The molecule has 1 fully saturated rings. The van der Waals surface area contributed by atoms with E-state index in [0.717, 1.165) is 12.1 Å². The first kappa shape index (κ1) is 18.8. The number of rotatable bonds is 5. The van der Waals surface area contributed by atoms with E-state index in [-0.39, 0.29) is 24.8 Å². The van der Waals surface area contributed by atoms with Crippen molar-refractivity contribution in [1.82, 2.24) is 4.72 Å². The molecule has 138 valence electrons. The smallest absolute Gasteiger partial charge is 0.243 e. The first-order valence-electron chi connectivity index (χ1n) is 7.77. The summed E-state index contributed by atoms with van der Waals surface area (Å²) in [5, 5.41) is 0.547. The maximum absolute atomic E-state index is 13.7. The fourth-order valence-corrected chi connectivity index (χ4v) is 4.09. The molecule has 0 saturated carbocycles. The van der Waals surface area contributed by atoms with Gasteiger partial charge in [-0.15, -0.1) is 0 Å². The van der Waals surface area contributed by atoms with Crippen LogP contribution in [0, 0.1) is 17.6 Å². The number of hydrogen-bond donors (Lipinski definition) is 1. The Hall–Kier alpha value is -2.03. The lowest BCUT2D eigenvalue weighted by Crippen LogP contribution is -2.31. The highest BCUT2D eigenvalue weighted by Gasteiger charge is 2.32. The van der Waals surface area contributed by atoms with E-state index in [0.29, 0.717) is 23.3 Å². The Kier molecular flexibility index (Phi) is 5.27. The zero-order chi connectivity index (χ0) is 18.9. The molecule has 0 spiro atoms. The molecule has 1 atom stereocenters. The quantitative estimate of drug-likeness (QED) is 0.839. The number of hydrogen-bond acceptors (Lipinski definition) is 3. The Morgan fingerprint density at radius 1 is 1.15 bits per heavy atom. The Morgan fingerprint density at radius 2 is 1.85 bits per heavy atom. The van der Waals surface area contributed by atoms with E-state index in [1.165, 1.54) is 0 Å². The van der Waals surface area contributed by atoms with Crippen molar-refractivity contribution in [2.75, 3.05) is 18.0 Å². The Morgan fingerprint density at radius 3 is 2.50 bits per heavy atom. The van der Waals surface area contributed by atoms with Gasteiger partial charge in [-0.25, -0.2) is 21.9 Å². The highest BCUT2D eigenvalue weighted by molar-refractivity contribution is 7.89. The summed E-state index contributed by atoms with van der Waals surface area (Å²) in [7, 11) is -4.14. The fourth-order valence-electron chi connectivity index (χ4n) is 2.79. The number of halogens is 3. The minimum absolute atomic E-state index is 0.0328. The second kappa shape index (κ2) is 7.30. The Bertz CT molecular complexity index is 936. The molecule has 1 aliphatic rings. The highest BCUT2D eigenvalue weighted by Crippen LogP contribution is 2.26. The van der Waals surface area contributed by atoms with Crippen LogP contribution in [-0.4, -0.2) is 27.4 Å². The van der Waals surface area contributed by atoms with Gasteiger partial charge in [0.25, 0.3) is 0 Å². The van der Waals surface area contributed by atoms with Gasteiger partial charge in [0.2, 0.25) is 15.9 Å². The number of carbonyl (C=O) groups excluding carboxylic acids is 1. The molecule has 2 aromatic rings. The minimum Gasteiger partial charge on any atom is -0.312 e. The summed E-state index contributed by atoms with van der Waals surface area (Å²) in [6.45, 7) is 0.296. The zero-order valence-corrected chi connectivity index (χ0v) is 15.0. The maximum atomic E-state index is 13.7. The van der Waals surface area contributed by atoms with Crippen LogP contribution in [0.25, 0.3) is 0 Å². The summed E-state index contributed by atoms with van der Waals surface area (Å²) >= 11 is 5.83. The molecule has 1 aliphatic heterocycles. The van der Waals surface area contributed by atoms with Crippen molar-refractivity contribution in [2.45, 2.75) is 11.3 Å². The monoisotopic (exact) mass is 400 g/mol.